The molecule has 104 valence electrons. The molecule has 2 rings (SSSR count). The van der Waals surface area contributed by atoms with Crippen LogP contribution in [0, 0.1) is 10.1 Å². The molecule has 6 nitrogen and oxygen atoms in total. The van der Waals surface area contributed by atoms with Gasteiger partial charge in [0.15, 0.2) is 9.84 Å². The summed E-state index contributed by atoms with van der Waals surface area (Å²) in [5.74, 6) is 0. The summed E-state index contributed by atoms with van der Waals surface area (Å²) in [6.07, 6.45) is 4.21. The molecule has 1 heterocycles. The van der Waals surface area contributed by atoms with Crippen molar-refractivity contribution in [2.24, 2.45) is 0 Å². The smallest absolute Gasteiger partial charge is 0.265 e. The average molecular weight is 310 g/mol. The Hall–Kier alpha value is -1.93. The van der Waals surface area contributed by atoms with Crippen LogP contribution in [0.3, 0.4) is 0 Å². The van der Waals surface area contributed by atoms with Crippen molar-refractivity contribution in [3.8, 4) is 0 Å². The fourth-order valence-electron chi connectivity index (χ4n) is 1.52. The molecule has 0 fully saturated rings. The summed E-state index contributed by atoms with van der Waals surface area (Å²) < 4.78 is 23.5. The van der Waals surface area contributed by atoms with Crippen molar-refractivity contribution in [1.82, 2.24) is 4.98 Å². The Kier molecular flexibility index (Phi) is 4.05. The number of nitro groups is 1. The van der Waals surface area contributed by atoms with Gasteiger partial charge in [-0.2, -0.15) is 0 Å². The summed E-state index contributed by atoms with van der Waals surface area (Å²) in [4.78, 5) is 15.2. The van der Waals surface area contributed by atoms with Gasteiger partial charge in [-0.05, 0) is 18.2 Å². The van der Waals surface area contributed by atoms with Crippen molar-refractivity contribution in [1.29, 1.82) is 0 Å². The van der Waals surface area contributed by atoms with E-state index >= 15 is 0 Å². The lowest BCUT2D eigenvalue weighted by atomic mass is 10.3. The first-order chi connectivity index (χ1) is 9.38. The first-order valence-electron chi connectivity index (χ1n) is 5.44. The van der Waals surface area contributed by atoms with E-state index in [4.69, 9.17) is 0 Å². The molecule has 0 aliphatic heterocycles. The third kappa shape index (κ3) is 3.34. The molecule has 0 saturated heterocycles. The van der Waals surface area contributed by atoms with Gasteiger partial charge in [0.2, 0.25) is 0 Å². The Morgan fingerprint density at radius 1 is 1.20 bits per heavy atom. The van der Waals surface area contributed by atoms with Crippen LogP contribution in [-0.2, 0) is 9.84 Å². The highest BCUT2D eigenvalue weighted by Gasteiger charge is 2.19. The summed E-state index contributed by atoms with van der Waals surface area (Å²) >= 11 is 1.22. The van der Waals surface area contributed by atoms with Crippen LogP contribution in [-0.4, -0.2) is 24.6 Å². The third-order valence-corrected chi connectivity index (χ3v) is 4.76. The van der Waals surface area contributed by atoms with Crippen LogP contribution in [0.15, 0.2) is 57.4 Å². The molecule has 0 radical (unpaired) electrons. The fourth-order valence-corrected chi connectivity index (χ4v) is 3.67. The summed E-state index contributed by atoms with van der Waals surface area (Å²) in [5.41, 5.74) is -0.246. The molecule has 0 spiro atoms. The van der Waals surface area contributed by atoms with Crippen LogP contribution in [0.2, 0.25) is 0 Å². The minimum Gasteiger partial charge on any atom is -0.265 e. The lowest BCUT2D eigenvalue weighted by Crippen LogP contribution is -2.01. The number of pyridine rings is 1. The second-order valence-electron chi connectivity index (χ2n) is 3.95. The highest BCUT2D eigenvalue weighted by Crippen LogP contribution is 2.34. The number of rotatable bonds is 4. The Morgan fingerprint density at radius 3 is 2.40 bits per heavy atom. The van der Waals surface area contributed by atoms with Gasteiger partial charge in [-0.3, -0.25) is 15.1 Å². The molecule has 0 saturated carbocycles. The lowest BCUT2D eigenvalue weighted by molar-refractivity contribution is -0.385. The molecule has 0 unspecified atom stereocenters. The van der Waals surface area contributed by atoms with Gasteiger partial charge < -0.3 is 0 Å². The molecular formula is C12H10N2O4S2. The predicted molar refractivity (Wildman–Crippen MR) is 74.6 cm³/mol. The number of sulfone groups is 1. The van der Waals surface area contributed by atoms with Crippen molar-refractivity contribution in [3.05, 3.63) is 52.8 Å². The Morgan fingerprint density at radius 2 is 1.85 bits per heavy atom. The van der Waals surface area contributed by atoms with E-state index in [2.05, 4.69) is 4.98 Å². The lowest BCUT2D eigenvalue weighted by Gasteiger charge is -2.07. The zero-order chi connectivity index (χ0) is 14.8. The number of benzene rings is 1. The second-order valence-corrected chi connectivity index (χ2v) is 7.04. The standard InChI is InChI=1S/C12H10N2O4S2/c1-20(17,18)12-8-9(14(15)16)2-3-11(12)19-10-4-6-13-7-5-10/h2-8H,1H3. The normalized spacial score (nSPS) is 11.2. The zero-order valence-electron chi connectivity index (χ0n) is 10.4. The first-order valence-corrected chi connectivity index (χ1v) is 8.15. The molecule has 1 aromatic carbocycles. The van der Waals surface area contributed by atoms with Gasteiger partial charge in [0.05, 0.1) is 9.82 Å². The Labute approximate surface area is 119 Å². The molecule has 8 heteroatoms. The van der Waals surface area contributed by atoms with Crippen molar-refractivity contribution in [2.75, 3.05) is 6.26 Å². The number of hydrogen-bond acceptors (Lipinski definition) is 6. The average Bonchev–Trinajstić information content (AvgIpc) is 2.39. The van der Waals surface area contributed by atoms with E-state index in [0.717, 1.165) is 17.2 Å². The number of nitrogens with zero attached hydrogens (tertiary/aromatic N) is 2. The van der Waals surface area contributed by atoms with Crippen LogP contribution in [0.4, 0.5) is 5.69 Å². The minimum absolute atomic E-state index is 0.0477. The maximum atomic E-state index is 11.8. The van der Waals surface area contributed by atoms with E-state index in [1.807, 2.05) is 0 Å². The van der Waals surface area contributed by atoms with E-state index in [0.29, 0.717) is 4.90 Å². The van der Waals surface area contributed by atoms with Crippen LogP contribution in [0.5, 0.6) is 0 Å². The monoisotopic (exact) mass is 310 g/mol. The number of hydrogen-bond donors (Lipinski definition) is 0. The summed E-state index contributed by atoms with van der Waals surface area (Å²) in [7, 11) is -3.55. The molecule has 0 aliphatic rings. The van der Waals surface area contributed by atoms with Gasteiger partial charge >= 0.3 is 0 Å². The third-order valence-electron chi connectivity index (χ3n) is 2.42. The van der Waals surface area contributed by atoms with Crippen molar-refractivity contribution in [3.63, 3.8) is 0 Å². The number of non-ortho nitro benzene ring substituents is 1. The second kappa shape index (κ2) is 5.59. The van der Waals surface area contributed by atoms with Crippen molar-refractivity contribution < 1.29 is 13.3 Å². The topological polar surface area (TPSA) is 90.2 Å². The largest absolute Gasteiger partial charge is 0.270 e. The van der Waals surface area contributed by atoms with Gasteiger partial charge in [-0.25, -0.2) is 8.42 Å². The molecule has 0 bridgehead atoms. The summed E-state index contributed by atoms with van der Waals surface area (Å²) in [6, 6.07) is 7.28. The molecule has 0 N–H and O–H groups in total. The van der Waals surface area contributed by atoms with Crippen molar-refractivity contribution in [2.45, 2.75) is 14.7 Å². The Balaban J connectivity index is 2.50. The first kappa shape index (κ1) is 14.5. The molecule has 0 amide bonds. The highest BCUT2D eigenvalue weighted by atomic mass is 32.2. The van der Waals surface area contributed by atoms with E-state index in [-0.39, 0.29) is 10.6 Å². The van der Waals surface area contributed by atoms with Crippen LogP contribution in [0.1, 0.15) is 0 Å². The minimum atomic E-state index is -3.55. The van der Waals surface area contributed by atoms with Crippen molar-refractivity contribution >= 4 is 27.3 Å². The van der Waals surface area contributed by atoms with E-state index < -0.39 is 14.8 Å². The van der Waals surface area contributed by atoms with E-state index in [9.17, 15) is 18.5 Å². The van der Waals surface area contributed by atoms with Gasteiger partial charge in [-0.15, -0.1) is 0 Å². The number of nitro benzene ring substituents is 1. The summed E-state index contributed by atoms with van der Waals surface area (Å²) in [5, 5.41) is 10.7. The maximum absolute atomic E-state index is 11.8. The van der Waals surface area contributed by atoms with Crippen LogP contribution < -0.4 is 0 Å². The van der Waals surface area contributed by atoms with Crippen LogP contribution in [0.25, 0.3) is 0 Å². The Bertz CT molecular complexity index is 745. The molecule has 20 heavy (non-hydrogen) atoms. The number of aromatic nitrogens is 1. The molecule has 2 aromatic rings. The summed E-state index contributed by atoms with van der Waals surface area (Å²) in [6.45, 7) is 0. The van der Waals surface area contributed by atoms with E-state index in [1.165, 1.54) is 23.9 Å². The van der Waals surface area contributed by atoms with Gasteiger partial charge in [0, 0.05) is 40.6 Å². The highest BCUT2D eigenvalue weighted by molar-refractivity contribution is 8.00. The fraction of sp³-hybridized carbons (Fsp3) is 0.0833. The van der Waals surface area contributed by atoms with E-state index in [1.54, 1.807) is 24.5 Å². The van der Waals surface area contributed by atoms with Crippen LogP contribution >= 0.6 is 11.8 Å². The molecule has 1 aromatic heterocycles. The quantitative estimate of drug-likeness (QED) is 0.636. The van der Waals surface area contributed by atoms with Gasteiger partial charge in [0.1, 0.15) is 0 Å². The van der Waals surface area contributed by atoms with Gasteiger partial charge in [-0.1, -0.05) is 11.8 Å². The molecule has 0 aliphatic carbocycles. The SMILES string of the molecule is CS(=O)(=O)c1cc([N+](=O)[O-])ccc1Sc1ccncc1. The molecular weight excluding hydrogens is 300 g/mol. The predicted octanol–water partition coefficient (Wildman–Crippen LogP) is 2.54. The van der Waals surface area contributed by atoms with Gasteiger partial charge in [0.25, 0.3) is 5.69 Å². The zero-order valence-corrected chi connectivity index (χ0v) is 12.0. The molecule has 0 atom stereocenters. The maximum Gasteiger partial charge on any atom is 0.270 e.